The minimum atomic E-state index is -0.422. The number of nitrogens with zero attached hydrogens (tertiary/aromatic N) is 1. The van der Waals surface area contributed by atoms with Crippen LogP contribution in [-0.4, -0.2) is 17.6 Å². The van der Waals surface area contributed by atoms with Gasteiger partial charge in [0.25, 0.3) is 0 Å². The summed E-state index contributed by atoms with van der Waals surface area (Å²) in [6, 6.07) is 19.6. The number of halogens is 1. The van der Waals surface area contributed by atoms with E-state index in [0.29, 0.717) is 28.4 Å². The molecule has 0 spiro atoms. The van der Waals surface area contributed by atoms with Crippen molar-refractivity contribution in [3.05, 3.63) is 77.4 Å². The van der Waals surface area contributed by atoms with Crippen LogP contribution in [0.3, 0.4) is 0 Å². The molecule has 3 aromatic carbocycles. The standard InChI is InChI=1S/C22H17ClN2O2/c1-2-27-22(26)17-13-24-21-16(10-6-11-18(21)23)20(17)25-19-12-5-8-14-7-3-4-9-15(14)19/h3-13H,2H2,1H3,(H,24,25). The molecular formula is C22H17ClN2O2. The second kappa shape index (κ2) is 7.25. The zero-order chi connectivity index (χ0) is 18.8. The molecule has 4 nitrogen and oxygen atoms in total. The van der Waals surface area contributed by atoms with Crippen LogP contribution in [0.15, 0.2) is 66.9 Å². The van der Waals surface area contributed by atoms with Crippen molar-refractivity contribution >= 4 is 50.6 Å². The monoisotopic (exact) mass is 376 g/mol. The van der Waals surface area contributed by atoms with E-state index in [0.717, 1.165) is 21.8 Å². The first-order chi connectivity index (χ1) is 13.2. The largest absolute Gasteiger partial charge is 0.462 e. The van der Waals surface area contributed by atoms with E-state index in [1.807, 2.05) is 54.6 Å². The topological polar surface area (TPSA) is 51.2 Å². The van der Waals surface area contributed by atoms with E-state index in [4.69, 9.17) is 16.3 Å². The lowest BCUT2D eigenvalue weighted by molar-refractivity contribution is 0.0527. The summed E-state index contributed by atoms with van der Waals surface area (Å²) in [6.07, 6.45) is 1.51. The van der Waals surface area contributed by atoms with Crippen molar-refractivity contribution in [3.63, 3.8) is 0 Å². The van der Waals surface area contributed by atoms with Crippen LogP contribution in [0.5, 0.6) is 0 Å². The average molecular weight is 377 g/mol. The highest BCUT2D eigenvalue weighted by Gasteiger charge is 2.18. The average Bonchev–Trinajstić information content (AvgIpc) is 2.69. The van der Waals surface area contributed by atoms with Crippen molar-refractivity contribution in [3.8, 4) is 0 Å². The maximum atomic E-state index is 12.5. The Hall–Kier alpha value is -3.11. The second-order valence-corrected chi connectivity index (χ2v) is 6.46. The lowest BCUT2D eigenvalue weighted by Crippen LogP contribution is -2.09. The van der Waals surface area contributed by atoms with Crippen molar-refractivity contribution in [1.82, 2.24) is 4.98 Å². The Morgan fingerprint density at radius 1 is 1.04 bits per heavy atom. The quantitative estimate of drug-likeness (QED) is 0.446. The van der Waals surface area contributed by atoms with Gasteiger partial charge in [-0.1, -0.05) is 60.1 Å². The zero-order valence-corrected chi connectivity index (χ0v) is 15.5. The van der Waals surface area contributed by atoms with Crippen LogP contribution in [0.25, 0.3) is 21.7 Å². The highest BCUT2D eigenvalue weighted by Crippen LogP contribution is 2.34. The van der Waals surface area contributed by atoms with Gasteiger partial charge < -0.3 is 10.1 Å². The van der Waals surface area contributed by atoms with E-state index < -0.39 is 5.97 Å². The Balaban J connectivity index is 1.94. The number of anilines is 2. The Labute approximate surface area is 161 Å². The number of carbonyl (C=O) groups excluding carboxylic acids is 1. The molecule has 0 aliphatic rings. The van der Waals surface area contributed by atoms with Crippen molar-refractivity contribution in [2.75, 3.05) is 11.9 Å². The molecule has 4 rings (SSSR count). The molecule has 0 aliphatic heterocycles. The van der Waals surface area contributed by atoms with Crippen LogP contribution in [0.1, 0.15) is 17.3 Å². The number of esters is 1. The van der Waals surface area contributed by atoms with Crippen LogP contribution >= 0.6 is 11.6 Å². The number of benzene rings is 3. The van der Waals surface area contributed by atoms with Gasteiger partial charge in [-0.2, -0.15) is 0 Å². The van der Waals surface area contributed by atoms with Gasteiger partial charge >= 0.3 is 5.97 Å². The molecule has 0 saturated carbocycles. The molecule has 4 aromatic rings. The van der Waals surface area contributed by atoms with Gasteiger partial charge in [-0.3, -0.25) is 4.98 Å². The van der Waals surface area contributed by atoms with E-state index >= 15 is 0 Å². The molecule has 0 fully saturated rings. The molecular weight excluding hydrogens is 360 g/mol. The third-order valence-electron chi connectivity index (χ3n) is 4.39. The number of hydrogen-bond donors (Lipinski definition) is 1. The number of hydrogen-bond acceptors (Lipinski definition) is 4. The molecule has 0 saturated heterocycles. The summed E-state index contributed by atoms with van der Waals surface area (Å²) in [5.74, 6) is -0.422. The summed E-state index contributed by atoms with van der Waals surface area (Å²) >= 11 is 6.31. The lowest BCUT2D eigenvalue weighted by Gasteiger charge is -2.16. The molecule has 27 heavy (non-hydrogen) atoms. The normalized spacial score (nSPS) is 10.9. The summed E-state index contributed by atoms with van der Waals surface area (Å²) in [7, 11) is 0. The number of ether oxygens (including phenoxy) is 1. The van der Waals surface area contributed by atoms with Crippen LogP contribution < -0.4 is 5.32 Å². The fourth-order valence-corrected chi connectivity index (χ4v) is 3.38. The van der Waals surface area contributed by atoms with Crippen LogP contribution in [0.4, 0.5) is 11.4 Å². The number of rotatable bonds is 4. The predicted octanol–water partition coefficient (Wildman–Crippen LogP) is 5.96. The van der Waals surface area contributed by atoms with Crippen molar-refractivity contribution in [2.24, 2.45) is 0 Å². The summed E-state index contributed by atoms with van der Waals surface area (Å²) < 4.78 is 5.22. The predicted molar refractivity (Wildman–Crippen MR) is 110 cm³/mol. The Kier molecular flexibility index (Phi) is 4.65. The molecule has 0 radical (unpaired) electrons. The number of carbonyl (C=O) groups is 1. The smallest absolute Gasteiger partial charge is 0.341 e. The fraction of sp³-hybridized carbons (Fsp3) is 0.0909. The Morgan fingerprint density at radius 3 is 2.63 bits per heavy atom. The molecule has 0 amide bonds. The summed E-state index contributed by atoms with van der Waals surface area (Å²) in [6.45, 7) is 2.07. The highest BCUT2D eigenvalue weighted by atomic mass is 35.5. The summed E-state index contributed by atoms with van der Waals surface area (Å²) in [4.78, 5) is 16.9. The molecule has 5 heteroatoms. The molecule has 1 aromatic heterocycles. The molecule has 134 valence electrons. The number of fused-ring (bicyclic) bond motifs is 2. The van der Waals surface area contributed by atoms with Crippen molar-refractivity contribution in [2.45, 2.75) is 6.92 Å². The maximum absolute atomic E-state index is 12.5. The molecule has 0 atom stereocenters. The zero-order valence-electron chi connectivity index (χ0n) is 14.7. The Bertz CT molecular complexity index is 1150. The van der Waals surface area contributed by atoms with Gasteiger partial charge in [0, 0.05) is 22.7 Å². The van der Waals surface area contributed by atoms with Gasteiger partial charge in [-0.25, -0.2) is 4.79 Å². The second-order valence-electron chi connectivity index (χ2n) is 6.06. The van der Waals surface area contributed by atoms with E-state index in [1.165, 1.54) is 6.20 Å². The van der Waals surface area contributed by atoms with Gasteiger partial charge in [-0.15, -0.1) is 0 Å². The van der Waals surface area contributed by atoms with Crippen LogP contribution in [-0.2, 0) is 4.74 Å². The number of aromatic nitrogens is 1. The minimum Gasteiger partial charge on any atom is -0.462 e. The van der Waals surface area contributed by atoms with E-state index in [1.54, 1.807) is 13.0 Å². The first-order valence-electron chi connectivity index (χ1n) is 8.68. The lowest BCUT2D eigenvalue weighted by atomic mass is 10.1. The first kappa shape index (κ1) is 17.3. The van der Waals surface area contributed by atoms with Gasteiger partial charge in [0.15, 0.2) is 0 Å². The maximum Gasteiger partial charge on any atom is 0.341 e. The summed E-state index contributed by atoms with van der Waals surface area (Å²) in [5.41, 5.74) is 2.54. The number of para-hydroxylation sites is 1. The first-order valence-corrected chi connectivity index (χ1v) is 9.06. The van der Waals surface area contributed by atoms with Gasteiger partial charge in [0.2, 0.25) is 0 Å². The third kappa shape index (κ3) is 3.20. The van der Waals surface area contributed by atoms with E-state index in [2.05, 4.69) is 10.3 Å². The third-order valence-corrected chi connectivity index (χ3v) is 4.70. The van der Waals surface area contributed by atoms with Crippen molar-refractivity contribution < 1.29 is 9.53 Å². The van der Waals surface area contributed by atoms with Gasteiger partial charge in [0.1, 0.15) is 5.56 Å². The minimum absolute atomic E-state index is 0.292. The van der Waals surface area contributed by atoms with E-state index in [-0.39, 0.29) is 0 Å². The SMILES string of the molecule is CCOC(=O)c1cnc2c(Cl)cccc2c1Nc1cccc2ccccc12. The molecule has 1 heterocycles. The number of pyridine rings is 1. The van der Waals surface area contributed by atoms with Crippen molar-refractivity contribution in [1.29, 1.82) is 0 Å². The molecule has 1 N–H and O–H groups in total. The van der Waals surface area contributed by atoms with Gasteiger partial charge in [0.05, 0.1) is 22.8 Å². The fourth-order valence-electron chi connectivity index (χ4n) is 3.15. The van der Waals surface area contributed by atoms with E-state index in [9.17, 15) is 4.79 Å². The van der Waals surface area contributed by atoms with Crippen LogP contribution in [0.2, 0.25) is 5.02 Å². The van der Waals surface area contributed by atoms with Gasteiger partial charge in [-0.05, 0) is 24.4 Å². The number of nitrogens with one attached hydrogen (secondary N) is 1. The van der Waals surface area contributed by atoms with Crippen LogP contribution in [0, 0.1) is 0 Å². The molecule has 0 aliphatic carbocycles. The highest BCUT2D eigenvalue weighted by molar-refractivity contribution is 6.35. The Morgan fingerprint density at radius 2 is 1.78 bits per heavy atom. The molecule has 0 bridgehead atoms. The molecule has 0 unspecified atom stereocenters. The summed E-state index contributed by atoms with van der Waals surface area (Å²) in [5, 5.41) is 6.89.